The quantitative estimate of drug-likeness (QED) is 0.183. The highest BCUT2D eigenvalue weighted by molar-refractivity contribution is 6.96. The van der Waals surface area contributed by atoms with Gasteiger partial charge in [-0.05, 0) is 80.0 Å². The van der Waals surface area contributed by atoms with Gasteiger partial charge < -0.3 is 9.32 Å². The second-order valence-corrected chi connectivity index (χ2v) is 12.8. The molecule has 2 aliphatic heterocycles. The van der Waals surface area contributed by atoms with Crippen molar-refractivity contribution >= 4 is 73.3 Å². The zero-order valence-electron chi connectivity index (χ0n) is 24.4. The molecule has 0 amide bonds. The number of furan rings is 1. The molecule has 0 radical (unpaired) electrons. The van der Waals surface area contributed by atoms with Gasteiger partial charge in [0.15, 0.2) is 0 Å². The summed E-state index contributed by atoms with van der Waals surface area (Å²) >= 11 is 0. The first-order chi connectivity index (χ1) is 22.3. The number of anilines is 3. The Morgan fingerprint density at radius 1 is 0.622 bits per heavy atom. The van der Waals surface area contributed by atoms with Gasteiger partial charge in [-0.25, -0.2) is 0 Å². The Kier molecular flexibility index (Phi) is 4.53. The van der Waals surface area contributed by atoms with Crippen LogP contribution in [-0.4, -0.2) is 6.71 Å². The predicted molar refractivity (Wildman–Crippen MR) is 188 cm³/mol. The second-order valence-electron chi connectivity index (χ2n) is 12.8. The van der Waals surface area contributed by atoms with Crippen LogP contribution in [-0.2, 0) is 0 Å². The molecule has 0 fully saturated rings. The Balaban J connectivity index is 1.27. The summed E-state index contributed by atoms with van der Waals surface area (Å²) in [5.74, 6) is 1.44. The summed E-state index contributed by atoms with van der Waals surface area (Å²) in [4.78, 5) is 2.52. The maximum Gasteiger partial charge on any atom is 0.244 e. The van der Waals surface area contributed by atoms with Crippen molar-refractivity contribution in [3.05, 3.63) is 167 Å². The molecule has 2 atom stereocenters. The van der Waals surface area contributed by atoms with Gasteiger partial charge >= 0.3 is 0 Å². The third kappa shape index (κ3) is 3.05. The fraction of sp³-hybridized carbons (Fsp3) is 0.0476. The summed E-state index contributed by atoms with van der Waals surface area (Å²) in [6.45, 7) is 0.156. The number of hydrogen-bond donors (Lipinski definition) is 0. The van der Waals surface area contributed by atoms with Crippen LogP contribution in [0.2, 0.25) is 0 Å². The molecular weight excluding hydrogens is 545 g/mol. The van der Waals surface area contributed by atoms with Gasteiger partial charge in [0.2, 0.25) is 6.71 Å². The van der Waals surface area contributed by atoms with Gasteiger partial charge in [0.05, 0.1) is 0 Å². The number of rotatable bonds is 1. The lowest BCUT2D eigenvalue weighted by Gasteiger charge is -2.48. The Morgan fingerprint density at radius 3 is 2.33 bits per heavy atom. The van der Waals surface area contributed by atoms with Crippen LogP contribution in [0.25, 0.3) is 38.6 Å². The fourth-order valence-corrected chi connectivity index (χ4v) is 8.97. The molecule has 6 aromatic carbocycles. The van der Waals surface area contributed by atoms with Crippen LogP contribution in [0.3, 0.4) is 0 Å². The molecule has 0 saturated carbocycles. The van der Waals surface area contributed by atoms with E-state index in [0.717, 1.165) is 11.3 Å². The summed E-state index contributed by atoms with van der Waals surface area (Å²) in [6.07, 6.45) is 9.30. The van der Waals surface area contributed by atoms with E-state index in [-0.39, 0.29) is 18.5 Å². The zero-order chi connectivity index (χ0) is 29.2. The number of hydrogen-bond acceptors (Lipinski definition) is 2. The molecule has 2 unspecified atom stereocenters. The SMILES string of the molecule is C1=CC2=Cc3oc4ccccc4c3C3c4cccc5c4B(C(=C1)C23)c1c(ccc2ccccc12)N5c1ccc2ccccc2c1. The van der Waals surface area contributed by atoms with Crippen LogP contribution < -0.4 is 15.8 Å². The van der Waals surface area contributed by atoms with Crippen LogP contribution in [0.15, 0.2) is 155 Å². The van der Waals surface area contributed by atoms with Crippen LogP contribution in [0.4, 0.5) is 17.1 Å². The first-order valence-corrected chi connectivity index (χ1v) is 15.9. The molecule has 3 heterocycles. The van der Waals surface area contributed by atoms with Crippen molar-refractivity contribution in [2.24, 2.45) is 5.92 Å². The van der Waals surface area contributed by atoms with Gasteiger partial charge in [-0.2, -0.15) is 0 Å². The molecular formula is C42H26BNO. The Hall–Kier alpha value is -5.54. The van der Waals surface area contributed by atoms with Crippen LogP contribution in [0.5, 0.6) is 0 Å². The highest BCUT2D eigenvalue weighted by atomic mass is 16.3. The minimum absolute atomic E-state index is 0.156. The average molecular weight is 571 g/mol. The second kappa shape index (κ2) is 8.55. The highest BCUT2D eigenvalue weighted by Crippen LogP contribution is 2.55. The first kappa shape index (κ1) is 23.9. The van der Waals surface area contributed by atoms with Crippen LogP contribution in [0, 0.1) is 5.92 Å². The Bertz CT molecular complexity index is 2530. The van der Waals surface area contributed by atoms with Crippen molar-refractivity contribution in [2.45, 2.75) is 5.92 Å². The molecule has 7 aromatic rings. The van der Waals surface area contributed by atoms with Gasteiger partial charge in [-0.15, -0.1) is 0 Å². The summed E-state index contributed by atoms with van der Waals surface area (Å²) in [5, 5.41) is 6.35. The lowest BCUT2D eigenvalue weighted by molar-refractivity contribution is 0.564. The molecule has 0 saturated heterocycles. The maximum atomic E-state index is 6.55. The van der Waals surface area contributed by atoms with E-state index in [1.165, 1.54) is 77.1 Å². The van der Waals surface area contributed by atoms with Crippen molar-refractivity contribution in [2.75, 3.05) is 4.90 Å². The van der Waals surface area contributed by atoms with E-state index < -0.39 is 0 Å². The van der Waals surface area contributed by atoms with E-state index in [0.29, 0.717) is 0 Å². The van der Waals surface area contributed by atoms with E-state index in [4.69, 9.17) is 4.42 Å². The normalized spacial score (nSPS) is 18.8. The minimum Gasteiger partial charge on any atom is -0.456 e. The Morgan fingerprint density at radius 2 is 1.40 bits per heavy atom. The van der Waals surface area contributed by atoms with E-state index >= 15 is 0 Å². The third-order valence-corrected chi connectivity index (χ3v) is 10.7. The van der Waals surface area contributed by atoms with Crippen LogP contribution in [0.1, 0.15) is 22.8 Å². The molecule has 208 valence electrons. The summed E-state index contributed by atoms with van der Waals surface area (Å²) in [6, 6.07) is 44.7. The highest BCUT2D eigenvalue weighted by Gasteiger charge is 2.51. The van der Waals surface area contributed by atoms with Crippen molar-refractivity contribution < 1.29 is 4.42 Å². The molecule has 0 N–H and O–H groups in total. The first-order valence-electron chi connectivity index (χ1n) is 15.9. The zero-order valence-corrected chi connectivity index (χ0v) is 24.4. The van der Waals surface area contributed by atoms with Gasteiger partial charge in [-0.1, -0.05) is 115 Å². The predicted octanol–water partition coefficient (Wildman–Crippen LogP) is 9.33. The monoisotopic (exact) mass is 571 g/mol. The van der Waals surface area contributed by atoms with E-state index in [1.807, 2.05) is 0 Å². The lowest BCUT2D eigenvalue weighted by atomic mass is 9.27. The smallest absolute Gasteiger partial charge is 0.244 e. The van der Waals surface area contributed by atoms with Gasteiger partial charge in [-0.3, -0.25) is 0 Å². The van der Waals surface area contributed by atoms with E-state index in [2.05, 4.69) is 151 Å². The molecule has 45 heavy (non-hydrogen) atoms. The number of para-hydroxylation sites is 1. The topological polar surface area (TPSA) is 16.4 Å². The van der Waals surface area contributed by atoms with Crippen LogP contribution >= 0.6 is 0 Å². The molecule has 2 aliphatic carbocycles. The van der Waals surface area contributed by atoms with Gasteiger partial charge in [0.25, 0.3) is 0 Å². The number of fused-ring (bicyclic) bond motifs is 11. The van der Waals surface area contributed by atoms with Crippen molar-refractivity contribution in [3.63, 3.8) is 0 Å². The third-order valence-electron chi connectivity index (χ3n) is 10.7. The minimum atomic E-state index is 0.156. The molecule has 1 aromatic heterocycles. The average Bonchev–Trinajstić information content (AvgIpc) is 3.47. The van der Waals surface area contributed by atoms with Gasteiger partial charge in [0, 0.05) is 39.8 Å². The van der Waals surface area contributed by atoms with Crippen molar-refractivity contribution in [1.82, 2.24) is 0 Å². The molecule has 4 aliphatic rings. The molecule has 2 nitrogen and oxygen atoms in total. The largest absolute Gasteiger partial charge is 0.456 e. The van der Waals surface area contributed by atoms with Crippen molar-refractivity contribution in [1.29, 1.82) is 0 Å². The Labute approximate surface area is 261 Å². The molecule has 0 bridgehead atoms. The van der Waals surface area contributed by atoms with E-state index in [9.17, 15) is 0 Å². The standard InChI is InChI=1S/C42H26BNO/c1-2-11-27-23-29(21-19-25(27)9-1)44-34-17-8-15-32-40-38-28(24-37-39(40)31-14-5-6-18-36(31)45-37)12-7-16-33(38)43(42(32)34)41-30-13-4-3-10-26(30)20-22-35(41)44/h1-24,38,40H. The molecule has 11 rings (SSSR count). The number of nitrogens with zero attached hydrogens (tertiary/aromatic N) is 1. The van der Waals surface area contributed by atoms with E-state index in [1.54, 1.807) is 0 Å². The molecule has 0 spiro atoms. The van der Waals surface area contributed by atoms with Crippen molar-refractivity contribution in [3.8, 4) is 0 Å². The van der Waals surface area contributed by atoms with Gasteiger partial charge in [0.1, 0.15) is 11.3 Å². The maximum absolute atomic E-state index is 6.55. The summed E-state index contributed by atoms with van der Waals surface area (Å²) in [7, 11) is 0. The number of benzene rings is 6. The number of allylic oxidation sites excluding steroid dienone is 5. The molecule has 3 heteroatoms. The summed E-state index contributed by atoms with van der Waals surface area (Å²) in [5.41, 5.74) is 13.1. The fourth-order valence-electron chi connectivity index (χ4n) is 8.97. The summed E-state index contributed by atoms with van der Waals surface area (Å²) < 4.78 is 6.55. The lowest BCUT2D eigenvalue weighted by Crippen LogP contribution is -2.58.